The van der Waals surface area contributed by atoms with Crippen molar-refractivity contribution < 1.29 is 22.3 Å². The Kier molecular flexibility index (Phi) is 6.20. The molecule has 1 atom stereocenters. The van der Waals surface area contributed by atoms with E-state index in [0.29, 0.717) is 23.7 Å². The molecule has 26 heavy (non-hydrogen) atoms. The first kappa shape index (κ1) is 19.7. The van der Waals surface area contributed by atoms with Crippen molar-refractivity contribution in [3.8, 4) is 5.75 Å². The Morgan fingerprint density at radius 3 is 2.23 bits per heavy atom. The van der Waals surface area contributed by atoms with Gasteiger partial charge in [-0.25, -0.2) is 12.8 Å². The number of amides is 1. The summed E-state index contributed by atoms with van der Waals surface area (Å²) in [6, 6.07) is 10.7. The van der Waals surface area contributed by atoms with Crippen LogP contribution in [0.4, 0.5) is 15.8 Å². The Morgan fingerprint density at radius 1 is 1.15 bits per heavy atom. The van der Waals surface area contributed by atoms with Crippen LogP contribution in [0, 0.1) is 5.82 Å². The maximum absolute atomic E-state index is 13.0. The molecule has 2 aromatic carbocycles. The molecule has 0 radical (unpaired) electrons. The van der Waals surface area contributed by atoms with Gasteiger partial charge in [0.15, 0.2) is 0 Å². The van der Waals surface area contributed by atoms with Gasteiger partial charge in [0.25, 0.3) is 0 Å². The molecule has 2 aromatic rings. The van der Waals surface area contributed by atoms with Gasteiger partial charge in [-0.2, -0.15) is 0 Å². The summed E-state index contributed by atoms with van der Waals surface area (Å²) in [6.45, 7) is 3.82. The van der Waals surface area contributed by atoms with Gasteiger partial charge in [-0.15, -0.1) is 0 Å². The fourth-order valence-electron chi connectivity index (χ4n) is 2.44. The quantitative estimate of drug-likeness (QED) is 0.801. The second kappa shape index (κ2) is 8.18. The number of carbonyl (C=O) groups is 1. The highest BCUT2D eigenvalue weighted by Gasteiger charge is 2.29. The molecule has 0 saturated carbocycles. The van der Waals surface area contributed by atoms with Crippen molar-refractivity contribution in [1.82, 2.24) is 0 Å². The van der Waals surface area contributed by atoms with Gasteiger partial charge in [0.05, 0.1) is 18.6 Å². The first-order chi connectivity index (χ1) is 12.2. The minimum Gasteiger partial charge on any atom is -0.494 e. The van der Waals surface area contributed by atoms with Gasteiger partial charge in [-0.3, -0.25) is 9.10 Å². The molecule has 0 bridgehead atoms. The van der Waals surface area contributed by atoms with Gasteiger partial charge in [-0.05, 0) is 62.4 Å². The zero-order valence-electron chi connectivity index (χ0n) is 14.8. The highest BCUT2D eigenvalue weighted by molar-refractivity contribution is 7.92. The Bertz CT molecular complexity index is 852. The summed E-state index contributed by atoms with van der Waals surface area (Å²) in [5, 5.41) is 2.59. The third-order valence-corrected chi connectivity index (χ3v) is 4.84. The number of nitrogens with one attached hydrogen (secondary N) is 1. The normalized spacial score (nSPS) is 12.3. The third kappa shape index (κ3) is 4.95. The average molecular weight is 380 g/mol. The zero-order chi connectivity index (χ0) is 19.3. The van der Waals surface area contributed by atoms with Crippen LogP contribution in [0.15, 0.2) is 48.5 Å². The van der Waals surface area contributed by atoms with Gasteiger partial charge >= 0.3 is 0 Å². The Balaban J connectivity index is 2.25. The number of sulfonamides is 1. The number of rotatable bonds is 7. The lowest BCUT2D eigenvalue weighted by molar-refractivity contribution is -0.116. The smallest absolute Gasteiger partial charge is 0.247 e. The number of halogens is 1. The van der Waals surface area contributed by atoms with E-state index in [1.54, 1.807) is 24.3 Å². The fraction of sp³-hybridized carbons (Fsp3) is 0.278. The molecule has 0 aliphatic rings. The van der Waals surface area contributed by atoms with Crippen LogP contribution in [0.25, 0.3) is 0 Å². The van der Waals surface area contributed by atoms with E-state index in [2.05, 4.69) is 5.32 Å². The van der Waals surface area contributed by atoms with Gasteiger partial charge in [0.2, 0.25) is 15.9 Å². The number of hydrogen-bond donors (Lipinski definition) is 1. The van der Waals surface area contributed by atoms with E-state index in [0.717, 1.165) is 10.6 Å². The van der Waals surface area contributed by atoms with Crippen LogP contribution in [-0.2, 0) is 14.8 Å². The lowest BCUT2D eigenvalue weighted by Crippen LogP contribution is -2.45. The van der Waals surface area contributed by atoms with Crippen molar-refractivity contribution in [2.45, 2.75) is 19.9 Å². The van der Waals surface area contributed by atoms with Crippen LogP contribution >= 0.6 is 0 Å². The maximum atomic E-state index is 13.0. The zero-order valence-corrected chi connectivity index (χ0v) is 15.6. The summed E-state index contributed by atoms with van der Waals surface area (Å²) < 4.78 is 43.8. The number of nitrogens with zero attached hydrogens (tertiary/aromatic N) is 1. The molecule has 0 heterocycles. The SMILES string of the molecule is CCOc1ccc(N([C@H](C)C(=O)Nc2ccc(F)cc2)S(C)(=O)=O)cc1. The van der Waals surface area contributed by atoms with Crippen LogP contribution in [0.1, 0.15) is 13.8 Å². The van der Waals surface area contributed by atoms with E-state index in [9.17, 15) is 17.6 Å². The molecule has 0 saturated heterocycles. The highest BCUT2D eigenvalue weighted by Crippen LogP contribution is 2.24. The van der Waals surface area contributed by atoms with Gasteiger partial charge in [-0.1, -0.05) is 0 Å². The Hall–Kier alpha value is -2.61. The van der Waals surface area contributed by atoms with E-state index < -0.39 is 27.8 Å². The second-order valence-electron chi connectivity index (χ2n) is 5.66. The lowest BCUT2D eigenvalue weighted by Gasteiger charge is -2.28. The Labute approximate surface area is 152 Å². The molecular formula is C18H21FN2O4S. The summed E-state index contributed by atoms with van der Waals surface area (Å²) in [5.41, 5.74) is 0.723. The Morgan fingerprint density at radius 2 is 1.73 bits per heavy atom. The minimum absolute atomic E-state index is 0.345. The number of ether oxygens (including phenoxy) is 1. The van der Waals surface area contributed by atoms with E-state index >= 15 is 0 Å². The van der Waals surface area contributed by atoms with E-state index in [-0.39, 0.29) is 0 Å². The minimum atomic E-state index is -3.71. The predicted molar refractivity (Wildman–Crippen MR) is 99.4 cm³/mol. The van der Waals surface area contributed by atoms with Crippen LogP contribution < -0.4 is 14.4 Å². The van der Waals surface area contributed by atoms with E-state index in [4.69, 9.17) is 4.74 Å². The van der Waals surface area contributed by atoms with E-state index in [1.165, 1.54) is 31.2 Å². The highest BCUT2D eigenvalue weighted by atomic mass is 32.2. The molecule has 0 aliphatic heterocycles. The van der Waals surface area contributed by atoms with Crippen LogP contribution in [0.5, 0.6) is 5.75 Å². The van der Waals surface area contributed by atoms with Crippen LogP contribution in [0.3, 0.4) is 0 Å². The second-order valence-corrected chi connectivity index (χ2v) is 7.52. The summed E-state index contributed by atoms with van der Waals surface area (Å²) in [5.74, 6) is -0.354. The molecule has 8 heteroatoms. The number of benzene rings is 2. The van der Waals surface area contributed by atoms with Crippen molar-refractivity contribution in [2.24, 2.45) is 0 Å². The first-order valence-electron chi connectivity index (χ1n) is 8.01. The number of hydrogen-bond acceptors (Lipinski definition) is 4. The standard InChI is InChI=1S/C18H21FN2O4S/c1-4-25-17-11-9-16(10-12-17)21(26(3,23)24)13(2)18(22)20-15-7-5-14(19)6-8-15/h5-13H,4H2,1-3H3,(H,20,22)/t13-/m1/s1. The topological polar surface area (TPSA) is 75.7 Å². The summed E-state index contributed by atoms with van der Waals surface area (Å²) in [6.07, 6.45) is 1.03. The molecule has 0 aromatic heterocycles. The lowest BCUT2D eigenvalue weighted by atomic mass is 10.2. The van der Waals surface area contributed by atoms with Crippen LogP contribution in [0.2, 0.25) is 0 Å². The molecule has 0 unspecified atom stereocenters. The van der Waals surface area contributed by atoms with Crippen molar-refractivity contribution >= 4 is 27.3 Å². The predicted octanol–water partition coefficient (Wildman–Crippen LogP) is 3.02. The molecule has 0 fully saturated rings. The fourth-order valence-corrected chi connectivity index (χ4v) is 3.62. The monoisotopic (exact) mass is 380 g/mol. The van der Waals surface area contributed by atoms with Gasteiger partial charge < -0.3 is 10.1 Å². The maximum Gasteiger partial charge on any atom is 0.247 e. The molecule has 1 N–H and O–H groups in total. The van der Waals surface area contributed by atoms with Crippen molar-refractivity contribution in [1.29, 1.82) is 0 Å². The number of carbonyl (C=O) groups excluding carboxylic acids is 1. The summed E-state index contributed by atoms with van der Waals surface area (Å²) in [7, 11) is -3.71. The van der Waals surface area contributed by atoms with Crippen LogP contribution in [-0.4, -0.2) is 33.2 Å². The van der Waals surface area contributed by atoms with Crippen molar-refractivity contribution in [3.63, 3.8) is 0 Å². The van der Waals surface area contributed by atoms with Gasteiger partial charge in [0, 0.05) is 5.69 Å². The molecule has 6 nitrogen and oxygen atoms in total. The van der Waals surface area contributed by atoms with E-state index in [1.807, 2.05) is 6.92 Å². The first-order valence-corrected chi connectivity index (χ1v) is 9.86. The number of anilines is 2. The largest absolute Gasteiger partial charge is 0.494 e. The molecule has 140 valence electrons. The van der Waals surface area contributed by atoms with Crippen molar-refractivity contribution in [2.75, 3.05) is 22.5 Å². The van der Waals surface area contributed by atoms with Gasteiger partial charge in [0.1, 0.15) is 17.6 Å². The molecular weight excluding hydrogens is 359 g/mol. The molecule has 1 amide bonds. The molecule has 0 spiro atoms. The molecule has 2 rings (SSSR count). The average Bonchev–Trinajstić information content (AvgIpc) is 2.57. The third-order valence-electron chi connectivity index (χ3n) is 3.60. The molecule has 0 aliphatic carbocycles. The summed E-state index contributed by atoms with van der Waals surface area (Å²) in [4.78, 5) is 12.5. The summed E-state index contributed by atoms with van der Waals surface area (Å²) >= 11 is 0. The van der Waals surface area contributed by atoms with Crippen molar-refractivity contribution in [3.05, 3.63) is 54.3 Å².